The van der Waals surface area contributed by atoms with E-state index in [2.05, 4.69) is 9.97 Å². The Morgan fingerprint density at radius 3 is 2.84 bits per heavy atom. The molecular formula is C13H16ClN3O2. The molecule has 0 radical (unpaired) electrons. The van der Waals surface area contributed by atoms with Crippen molar-refractivity contribution < 1.29 is 9.53 Å². The summed E-state index contributed by atoms with van der Waals surface area (Å²) in [7, 11) is 0. The van der Waals surface area contributed by atoms with Crippen molar-refractivity contribution in [1.29, 1.82) is 0 Å². The van der Waals surface area contributed by atoms with Crippen molar-refractivity contribution in [2.45, 2.75) is 26.4 Å². The molecule has 0 aromatic carbocycles. The highest BCUT2D eigenvalue weighted by Gasteiger charge is 2.26. The molecule has 102 valence electrons. The number of halogens is 1. The molecule has 1 amide bonds. The second kappa shape index (κ2) is 5.17. The predicted octanol–water partition coefficient (Wildman–Crippen LogP) is 2.76. The molecule has 0 fully saturated rings. The van der Waals surface area contributed by atoms with Crippen LogP contribution in [0.1, 0.15) is 26.5 Å². The monoisotopic (exact) mass is 281 g/mol. The Morgan fingerprint density at radius 2 is 2.21 bits per heavy atom. The summed E-state index contributed by atoms with van der Waals surface area (Å²) in [4.78, 5) is 21.5. The van der Waals surface area contributed by atoms with Crippen molar-refractivity contribution >= 4 is 23.3 Å². The van der Waals surface area contributed by atoms with Crippen molar-refractivity contribution in [1.82, 2.24) is 14.9 Å². The summed E-state index contributed by atoms with van der Waals surface area (Å²) >= 11 is 5.75. The van der Waals surface area contributed by atoms with Gasteiger partial charge in [0.05, 0.1) is 12.2 Å². The van der Waals surface area contributed by atoms with Gasteiger partial charge in [0.2, 0.25) is 5.28 Å². The number of aromatic nitrogens is 2. The Labute approximate surface area is 117 Å². The number of amides is 1. The molecule has 0 N–H and O–H groups in total. The van der Waals surface area contributed by atoms with Crippen LogP contribution in [0.3, 0.4) is 0 Å². The first-order chi connectivity index (χ1) is 8.85. The molecule has 0 saturated heterocycles. The Kier molecular flexibility index (Phi) is 3.75. The van der Waals surface area contributed by atoms with E-state index in [1.54, 1.807) is 17.2 Å². The smallest absolute Gasteiger partial charge is 0.410 e. The van der Waals surface area contributed by atoms with Gasteiger partial charge in [-0.15, -0.1) is 0 Å². The summed E-state index contributed by atoms with van der Waals surface area (Å²) < 4.78 is 5.32. The van der Waals surface area contributed by atoms with Crippen LogP contribution in [-0.2, 0) is 4.74 Å². The van der Waals surface area contributed by atoms with Crippen LogP contribution in [0.4, 0.5) is 4.79 Å². The maximum atomic E-state index is 11.9. The van der Waals surface area contributed by atoms with Crippen molar-refractivity contribution in [2.24, 2.45) is 0 Å². The van der Waals surface area contributed by atoms with E-state index in [1.165, 1.54) is 0 Å². The third kappa shape index (κ3) is 3.67. The molecule has 5 nitrogen and oxygen atoms in total. The van der Waals surface area contributed by atoms with Crippen LogP contribution >= 0.6 is 11.6 Å². The summed E-state index contributed by atoms with van der Waals surface area (Å²) in [5.41, 5.74) is 1.21. The van der Waals surface area contributed by atoms with Gasteiger partial charge < -0.3 is 9.64 Å². The minimum Gasteiger partial charge on any atom is -0.444 e. The molecule has 1 aromatic heterocycles. The van der Waals surface area contributed by atoms with Crippen molar-refractivity contribution in [3.63, 3.8) is 0 Å². The highest BCUT2D eigenvalue weighted by atomic mass is 35.5. The Bertz CT molecular complexity index is 523. The molecule has 0 bridgehead atoms. The number of rotatable bonds is 1. The third-order valence-corrected chi connectivity index (χ3v) is 2.71. The quantitative estimate of drug-likeness (QED) is 0.743. The van der Waals surface area contributed by atoms with Crippen molar-refractivity contribution in [3.05, 3.63) is 29.3 Å². The molecule has 0 saturated carbocycles. The van der Waals surface area contributed by atoms with E-state index in [0.717, 1.165) is 11.3 Å². The average molecular weight is 282 g/mol. The van der Waals surface area contributed by atoms with Gasteiger partial charge >= 0.3 is 6.09 Å². The molecule has 0 aliphatic carbocycles. The first kappa shape index (κ1) is 13.8. The van der Waals surface area contributed by atoms with Crippen molar-refractivity contribution in [2.75, 3.05) is 13.1 Å². The lowest BCUT2D eigenvalue weighted by molar-refractivity contribution is 0.0306. The highest BCUT2D eigenvalue weighted by molar-refractivity contribution is 6.28. The van der Waals surface area contributed by atoms with E-state index in [9.17, 15) is 4.79 Å². The molecule has 0 spiro atoms. The number of carbonyl (C=O) groups excluding carboxylic acids is 1. The SMILES string of the molecule is CC(C)(C)OC(=O)N1CC=C(c2ccnc(Cl)n2)C1. The molecule has 1 aromatic rings. The second-order valence-corrected chi connectivity index (χ2v) is 5.64. The average Bonchev–Trinajstić information content (AvgIpc) is 2.75. The second-order valence-electron chi connectivity index (χ2n) is 5.30. The van der Waals surface area contributed by atoms with Crippen LogP contribution in [0.15, 0.2) is 18.3 Å². The molecule has 6 heteroatoms. The lowest BCUT2D eigenvalue weighted by atomic mass is 10.2. The largest absolute Gasteiger partial charge is 0.444 e. The zero-order chi connectivity index (χ0) is 14.0. The standard InChI is InChI=1S/C13H16ClN3O2/c1-13(2,3)19-12(18)17-7-5-9(8-17)10-4-6-15-11(14)16-10/h4-6H,7-8H2,1-3H3. The van der Waals surface area contributed by atoms with Crippen molar-refractivity contribution in [3.8, 4) is 0 Å². The Hall–Kier alpha value is -1.62. The maximum Gasteiger partial charge on any atom is 0.410 e. The third-order valence-electron chi connectivity index (χ3n) is 2.53. The fraction of sp³-hybridized carbons (Fsp3) is 0.462. The predicted molar refractivity (Wildman–Crippen MR) is 72.8 cm³/mol. The van der Waals surface area contributed by atoms with E-state index in [-0.39, 0.29) is 11.4 Å². The molecule has 0 atom stereocenters. The van der Waals surface area contributed by atoms with Gasteiger partial charge in [-0.3, -0.25) is 0 Å². The van der Waals surface area contributed by atoms with Gasteiger partial charge in [-0.05, 0) is 44.0 Å². The first-order valence-corrected chi connectivity index (χ1v) is 6.39. The zero-order valence-electron chi connectivity index (χ0n) is 11.2. The summed E-state index contributed by atoms with van der Waals surface area (Å²) in [6.45, 7) is 6.53. The maximum absolute atomic E-state index is 11.9. The summed E-state index contributed by atoms with van der Waals surface area (Å²) in [5.74, 6) is 0. The van der Waals surface area contributed by atoms with E-state index in [0.29, 0.717) is 13.1 Å². The van der Waals surface area contributed by atoms with Gasteiger partial charge in [0.15, 0.2) is 0 Å². The normalized spacial score (nSPS) is 15.4. The summed E-state index contributed by atoms with van der Waals surface area (Å²) in [5, 5.41) is 0.203. The van der Waals surface area contributed by atoms with E-state index < -0.39 is 5.60 Å². The Balaban J connectivity index is 2.01. The van der Waals surface area contributed by atoms with Crippen LogP contribution < -0.4 is 0 Å². The van der Waals surface area contributed by atoms with Crippen LogP contribution in [0.5, 0.6) is 0 Å². The minimum atomic E-state index is -0.488. The summed E-state index contributed by atoms with van der Waals surface area (Å²) in [6.07, 6.45) is 3.23. The van der Waals surface area contributed by atoms with Gasteiger partial charge in [0, 0.05) is 12.7 Å². The molecular weight excluding hydrogens is 266 g/mol. The number of nitrogens with zero attached hydrogens (tertiary/aromatic N) is 3. The van der Waals surface area contributed by atoms with Gasteiger partial charge in [0.1, 0.15) is 5.60 Å². The number of hydrogen-bond acceptors (Lipinski definition) is 4. The fourth-order valence-corrected chi connectivity index (χ4v) is 1.87. The number of ether oxygens (including phenoxy) is 1. The lowest BCUT2D eigenvalue weighted by Gasteiger charge is -2.24. The minimum absolute atomic E-state index is 0.203. The fourth-order valence-electron chi connectivity index (χ4n) is 1.72. The lowest BCUT2D eigenvalue weighted by Crippen LogP contribution is -2.35. The number of hydrogen-bond donors (Lipinski definition) is 0. The highest BCUT2D eigenvalue weighted by Crippen LogP contribution is 2.21. The van der Waals surface area contributed by atoms with E-state index >= 15 is 0 Å². The van der Waals surface area contributed by atoms with Crippen LogP contribution in [0.2, 0.25) is 5.28 Å². The van der Waals surface area contributed by atoms with Gasteiger partial charge in [-0.2, -0.15) is 0 Å². The van der Waals surface area contributed by atoms with Crippen LogP contribution in [0.25, 0.3) is 5.57 Å². The Morgan fingerprint density at radius 1 is 1.47 bits per heavy atom. The molecule has 0 unspecified atom stereocenters. The molecule has 2 rings (SSSR count). The molecule has 1 aliphatic heterocycles. The molecule has 1 aliphatic rings. The molecule has 2 heterocycles. The first-order valence-electron chi connectivity index (χ1n) is 6.01. The van der Waals surface area contributed by atoms with Crippen LogP contribution in [-0.4, -0.2) is 39.7 Å². The van der Waals surface area contributed by atoms with Gasteiger partial charge in [-0.25, -0.2) is 14.8 Å². The van der Waals surface area contributed by atoms with Crippen LogP contribution in [0, 0.1) is 0 Å². The van der Waals surface area contributed by atoms with Gasteiger partial charge in [-0.1, -0.05) is 6.08 Å². The zero-order valence-corrected chi connectivity index (χ0v) is 11.9. The van der Waals surface area contributed by atoms with E-state index in [1.807, 2.05) is 26.8 Å². The summed E-state index contributed by atoms with van der Waals surface area (Å²) in [6, 6.07) is 1.77. The van der Waals surface area contributed by atoms with Gasteiger partial charge in [0.25, 0.3) is 0 Å². The number of carbonyl (C=O) groups is 1. The van der Waals surface area contributed by atoms with E-state index in [4.69, 9.17) is 16.3 Å². The molecule has 19 heavy (non-hydrogen) atoms. The topological polar surface area (TPSA) is 55.3 Å².